The molecule has 0 amide bonds. The molecule has 8 heteroatoms. The molecule has 0 spiro atoms. The summed E-state index contributed by atoms with van der Waals surface area (Å²) in [4.78, 5) is 60.3. The van der Waals surface area contributed by atoms with Gasteiger partial charge in [0.05, 0.1) is 65.8 Å². The number of ketones is 4. The van der Waals surface area contributed by atoms with E-state index in [-0.39, 0.29) is 61.8 Å². The van der Waals surface area contributed by atoms with E-state index in [0.29, 0.717) is 22.3 Å². The third kappa shape index (κ3) is 7.31. The number of hydrogen-bond acceptors (Lipinski definition) is 8. The average Bonchev–Trinajstić information content (AvgIpc) is 3.09. The van der Waals surface area contributed by atoms with Gasteiger partial charge in [0, 0.05) is 0 Å². The lowest BCUT2D eigenvalue weighted by atomic mass is 9.78. The second kappa shape index (κ2) is 13.8. The smallest absolute Gasteiger partial charge is 0.200 e. The van der Waals surface area contributed by atoms with Gasteiger partial charge in [0.2, 0.25) is 23.1 Å². The van der Waals surface area contributed by atoms with Crippen LogP contribution in [-0.2, 0) is 21.7 Å². The van der Waals surface area contributed by atoms with E-state index in [0.717, 1.165) is 0 Å². The maximum atomic E-state index is 15.2. The number of carbonyl (C=O) groups excluding carboxylic acids is 4. The second-order valence-corrected chi connectivity index (χ2v) is 18.6. The van der Waals surface area contributed by atoms with Crippen LogP contribution in [0.2, 0.25) is 0 Å². The van der Waals surface area contributed by atoms with Crippen LogP contribution in [0.25, 0.3) is 0 Å². The Morgan fingerprint density at radius 1 is 0.345 bits per heavy atom. The van der Waals surface area contributed by atoms with Gasteiger partial charge in [-0.25, -0.2) is 0 Å². The van der Waals surface area contributed by atoms with Crippen LogP contribution in [0.1, 0.15) is 169 Å². The highest BCUT2D eigenvalue weighted by Gasteiger charge is 2.36. The van der Waals surface area contributed by atoms with Gasteiger partial charge in [0.15, 0.2) is 0 Å². The summed E-state index contributed by atoms with van der Waals surface area (Å²) in [5.74, 6) is -2.86. The van der Waals surface area contributed by atoms with Gasteiger partial charge >= 0.3 is 0 Å². The number of phenols is 1. The van der Waals surface area contributed by atoms with Crippen molar-refractivity contribution in [2.75, 3.05) is 21.3 Å². The lowest BCUT2D eigenvalue weighted by molar-refractivity contribution is 0.102. The van der Waals surface area contributed by atoms with Gasteiger partial charge in [-0.3, -0.25) is 19.2 Å². The van der Waals surface area contributed by atoms with E-state index in [1.54, 1.807) is 48.5 Å². The van der Waals surface area contributed by atoms with E-state index < -0.39 is 50.5 Å². The van der Waals surface area contributed by atoms with Crippen molar-refractivity contribution in [3.63, 3.8) is 0 Å². The molecule has 1 aliphatic carbocycles. The summed E-state index contributed by atoms with van der Waals surface area (Å²) in [5.41, 5.74) is 0.527. The van der Waals surface area contributed by atoms with Gasteiger partial charge in [-0.2, -0.15) is 0 Å². The van der Waals surface area contributed by atoms with Crippen molar-refractivity contribution in [3.8, 4) is 23.0 Å². The first kappa shape index (κ1) is 40.9. The zero-order valence-electron chi connectivity index (χ0n) is 34.9. The second-order valence-electron chi connectivity index (χ2n) is 18.6. The molecule has 4 aromatic rings. The molecular formula is C47H54O8. The molecule has 55 heavy (non-hydrogen) atoms. The van der Waals surface area contributed by atoms with Crippen LogP contribution >= 0.6 is 0 Å². The zero-order chi connectivity index (χ0) is 41.3. The minimum atomic E-state index is -0.635. The fraction of sp³-hybridized carbons (Fsp3) is 0.404. The van der Waals surface area contributed by atoms with Gasteiger partial charge in [-0.15, -0.1) is 0 Å². The fourth-order valence-corrected chi connectivity index (χ4v) is 6.85. The fourth-order valence-electron chi connectivity index (χ4n) is 6.85. The molecule has 1 aliphatic rings. The number of phenolic OH excluding ortho intramolecular Hbond substituents is 1. The molecule has 0 radical (unpaired) electrons. The highest BCUT2D eigenvalue weighted by atomic mass is 16.5. The Morgan fingerprint density at radius 3 is 0.673 bits per heavy atom. The minimum absolute atomic E-state index is 0.0127. The number of benzene rings is 4. The van der Waals surface area contributed by atoms with Crippen molar-refractivity contribution >= 4 is 23.1 Å². The molecule has 4 aromatic carbocycles. The molecule has 0 aliphatic heterocycles. The van der Waals surface area contributed by atoms with Crippen molar-refractivity contribution < 1.29 is 38.5 Å². The molecule has 0 fully saturated rings. The van der Waals surface area contributed by atoms with Crippen LogP contribution in [0, 0.1) is 0 Å². The molecule has 1 N–H and O–H groups in total. The molecule has 0 saturated heterocycles. The van der Waals surface area contributed by atoms with Crippen LogP contribution in [0.3, 0.4) is 0 Å². The predicted octanol–water partition coefficient (Wildman–Crippen LogP) is 9.85. The van der Waals surface area contributed by atoms with E-state index >= 15 is 9.59 Å². The number of fused-ring (bicyclic) bond motifs is 8. The summed E-state index contributed by atoms with van der Waals surface area (Å²) in [6, 6.07) is 13.4. The molecule has 290 valence electrons. The Kier molecular flexibility index (Phi) is 10.3. The van der Waals surface area contributed by atoms with Crippen molar-refractivity contribution in [2.24, 2.45) is 0 Å². The maximum Gasteiger partial charge on any atom is 0.200 e. The van der Waals surface area contributed by atoms with Crippen LogP contribution in [0.5, 0.6) is 23.0 Å². The number of carbonyl (C=O) groups is 4. The van der Waals surface area contributed by atoms with Crippen LogP contribution in [-0.4, -0.2) is 49.6 Å². The highest BCUT2D eigenvalue weighted by Crippen LogP contribution is 2.43. The molecule has 0 heterocycles. The first-order valence-electron chi connectivity index (χ1n) is 18.5. The largest absolute Gasteiger partial charge is 0.506 e. The third-order valence-electron chi connectivity index (χ3n) is 10.4. The quantitative estimate of drug-likeness (QED) is 0.194. The number of hydrogen-bond donors (Lipinski definition) is 1. The van der Waals surface area contributed by atoms with Gasteiger partial charge in [0.1, 0.15) is 23.0 Å². The normalized spacial score (nSPS) is 13.9. The van der Waals surface area contributed by atoms with Crippen molar-refractivity contribution in [3.05, 3.63) is 115 Å². The lowest BCUT2D eigenvalue weighted by Gasteiger charge is -2.27. The van der Waals surface area contributed by atoms with E-state index in [1.165, 1.54) is 21.3 Å². The summed E-state index contributed by atoms with van der Waals surface area (Å²) < 4.78 is 17.8. The summed E-state index contributed by atoms with van der Waals surface area (Å²) in [5, 5.41) is 12.0. The first-order chi connectivity index (χ1) is 25.3. The van der Waals surface area contributed by atoms with Crippen molar-refractivity contribution in [1.82, 2.24) is 0 Å². The molecule has 0 unspecified atom stereocenters. The van der Waals surface area contributed by atoms with E-state index in [9.17, 15) is 14.7 Å². The van der Waals surface area contributed by atoms with Gasteiger partial charge in [-0.1, -0.05) is 83.1 Å². The molecule has 5 rings (SSSR count). The summed E-state index contributed by atoms with van der Waals surface area (Å²) >= 11 is 0. The lowest BCUT2D eigenvalue weighted by Crippen LogP contribution is -2.21. The van der Waals surface area contributed by atoms with E-state index in [4.69, 9.17) is 14.2 Å². The molecule has 8 bridgehead atoms. The van der Waals surface area contributed by atoms with Crippen molar-refractivity contribution in [1.29, 1.82) is 0 Å². The van der Waals surface area contributed by atoms with Gasteiger partial charge in [0.25, 0.3) is 0 Å². The van der Waals surface area contributed by atoms with Crippen LogP contribution in [0.4, 0.5) is 0 Å². The van der Waals surface area contributed by atoms with E-state index in [2.05, 4.69) is 0 Å². The first-order valence-corrected chi connectivity index (χ1v) is 18.5. The molecule has 0 aromatic heterocycles. The maximum absolute atomic E-state index is 15.2. The number of rotatable bonds is 3. The zero-order valence-corrected chi connectivity index (χ0v) is 34.9. The number of ether oxygens (including phenoxy) is 3. The molecule has 0 atom stereocenters. The van der Waals surface area contributed by atoms with Crippen molar-refractivity contribution in [2.45, 2.75) is 105 Å². The Morgan fingerprint density at radius 2 is 0.509 bits per heavy atom. The minimum Gasteiger partial charge on any atom is -0.506 e. The Balaban J connectivity index is 2.11. The summed E-state index contributed by atoms with van der Waals surface area (Å²) in [7, 11) is 4.15. The van der Waals surface area contributed by atoms with Crippen LogP contribution < -0.4 is 14.2 Å². The number of aromatic hydroxyl groups is 1. The average molecular weight is 747 g/mol. The predicted molar refractivity (Wildman–Crippen MR) is 216 cm³/mol. The topological polar surface area (TPSA) is 116 Å². The monoisotopic (exact) mass is 746 g/mol. The molecular weight excluding hydrogens is 693 g/mol. The Labute approximate surface area is 325 Å². The van der Waals surface area contributed by atoms with Crippen LogP contribution in [0.15, 0.2) is 48.5 Å². The SMILES string of the molecule is COc1c2cc(C(C)(C)C)cc1C(=O)c1cc(C(C)(C)C)cc(c1OC)C(=O)c1cc(C(C)(C)C)cc(c1OC)C(=O)c1cc(C(C)(C)C)cc(c1O)C2=O. The third-order valence-corrected chi connectivity index (χ3v) is 10.4. The standard InChI is InChI=1S/C47H54O8/c1-44(2,3)24-16-28-36(48)29(17-24)38(50)31-19-26(46(7,8)9)21-33(42(31)54-14)40(52)35-23-27(47(10,11)12)22-34(43(35)55-15)39(51)32-20-25(45(4,5)6)18-30(37(28)49)41(32)53-13/h16-23,48H,1-15H3. The number of methoxy groups -OCH3 is 3. The highest BCUT2D eigenvalue weighted by molar-refractivity contribution is 6.23. The Bertz CT molecular complexity index is 2140. The van der Waals surface area contributed by atoms with E-state index in [1.807, 2.05) is 83.1 Å². The molecule has 0 saturated carbocycles. The Hall–Kier alpha value is -5.24. The van der Waals surface area contributed by atoms with Gasteiger partial charge < -0.3 is 19.3 Å². The summed E-state index contributed by atoms with van der Waals surface area (Å²) in [6.07, 6.45) is 0. The summed E-state index contributed by atoms with van der Waals surface area (Å²) in [6.45, 7) is 23.5. The molecule has 8 nitrogen and oxygen atoms in total. The van der Waals surface area contributed by atoms with Gasteiger partial charge in [-0.05, 0) is 92.4 Å².